The number of primary amides is 1. The molecule has 3 amide bonds. The Hall–Kier alpha value is -2.51. The van der Waals surface area contributed by atoms with Crippen molar-refractivity contribution in [3.63, 3.8) is 0 Å². The summed E-state index contributed by atoms with van der Waals surface area (Å²) in [5, 5.41) is 2.50. The van der Waals surface area contributed by atoms with Crippen LogP contribution in [0.15, 0.2) is 18.2 Å². The predicted molar refractivity (Wildman–Crippen MR) is 86.4 cm³/mol. The van der Waals surface area contributed by atoms with E-state index in [0.29, 0.717) is 32.0 Å². The molecule has 0 aliphatic carbocycles. The molecule has 1 atom stereocenters. The highest BCUT2D eigenvalue weighted by Crippen LogP contribution is 2.17. The van der Waals surface area contributed by atoms with Crippen LogP contribution in [0.1, 0.15) is 36.0 Å². The van der Waals surface area contributed by atoms with Gasteiger partial charge in [-0.25, -0.2) is 8.78 Å². The average Bonchev–Trinajstić information content (AvgIpc) is 2.58. The summed E-state index contributed by atoms with van der Waals surface area (Å²) in [5.74, 6) is -3.15. The van der Waals surface area contributed by atoms with Crippen molar-refractivity contribution in [3.05, 3.63) is 35.4 Å². The van der Waals surface area contributed by atoms with E-state index < -0.39 is 23.4 Å². The molecule has 1 aromatic carbocycles. The van der Waals surface area contributed by atoms with Crippen molar-refractivity contribution >= 4 is 17.7 Å². The van der Waals surface area contributed by atoms with Gasteiger partial charge in [-0.3, -0.25) is 14.4 Å². The number of halogens is 2. The van der Waals surface area contributed by atoms with Gasteiger partial charge in [-0.05, 0) is 31.4 Å². The summed E-state index contributed by atoms with van der Waals surface area (Å²) in [6.45, 7) is 1.12. The van der Waals surface area contributed by atoms with Crippen molar-refractivity contribution in [2.24, 2.45) is 11.7 Å². The van der Waals surface area contributed by atoms with E-state index in [1.807, 2.05) is 0 Å². The minimum atomic E-state index is -0.931. The van der Waals surface area contributed by atoms with Crippen LogP contribution in [-0.2, 0) is 9.59 Å². The second-order valence-corrected chi connectivity index (χ2v) is 6.06. The third kappa shape index (κ3) is 5.23. The topological polar surface area (TPSA) is 92.5 Å². The lowest BCUT2D eigenvalue weighted by Crippen LogP contribution is -2.44. The van der Waals surface area contributed by atoms with E-state index in [4.69, 9.17) is 5.73 Å². The molecule has 1 heterocycles. The molecule has 6 nitrogen and oxygen atoms in total. The van der Waals surface area contributed by atoms with Gasteiger partial charge in [0.05, 0.1) is 11.5 Å². The first-order valence-corrected chi connectivity index (χ1v) is 8.19. The lowest BCUT2D eigenvalue weighted by molar-refractivity contribution is -0.135. The maximum atomic E-state index is 13.5. The van der Waals surface area contributed by atoms with Crippen LogP contribution in [0.25, 0.3) is 0 Å². The number of amides is 3. The fourth-order valence-electron chi connectivity index (χ4n) is 2.80. The Balaban J connectivity index is 1.74. The molecule has 0 aromatic heterocycles. The van der Waals surface area contributed by atoms with Crippen LogP contribution in [0, 0.1) is 17.6 Å². The van der Waals surface area contributed by atoms with E-state index in [0.717, 1.165) is 18.6 Å². The lowest BCUT2D eigenvalue weighted by Gasteiger charge is -2.31. The molecule has 2 rings (SSSR count). The van der Waals surface area contributed by atoms with Gasteiger partial charge < -0.3 is 16.0 Å². The fourth-order valence-corrected chi connectivity index (χ4v) is 2.80. The van der Waals surface area contributed by atoms with Crippen molar-refractivity contribution in [3.8, 4) is 0 Å². The summed E-state index contributed by atoms with van der Waals surface area (Å²) in [7, 11) is 0. The van der Waals surface area contributed by atoms with Crippen molar-refractivity contribution < 1.29 is 23.2 Å². The van der Waals surface area contributed by atoms with Gasteiger partial charge in [0.25, 0.3) is 5.91 Å². The minimum absolute atomic E-state index is 0.104. The second-order valence-electron chi connectivity index (χ2n) is 6.06. The SMILES string of the molecule is NC(=O)C1CCCN(C(=O)CCCNC(=O)c2ccc(F)cc2F)C1. The van der Waals surface area contributed by atoms with E-state index in [-0.39, 0.29) is 30.4 Å². The lowest BCUT2D eigenvalue weighted by atomic mass is 9.97. The first kappa shape index (κ1) is 18.8. The normalized spacial score (nSPS) is 17.2. The molecule has 0 saturated carbocycles. The third-order valence-electron chi connectivity index (χ3n) is 4.21. The van der Waals surface area contributed by atoms with Crippen molar-refractivity contribution in [2.45, 2.75) is 25.7 Å². The van der Waals surface area contributed by atoms with E-state index in [2.05, 4.69) is 5.32 Å². The molecule has 25 heavy (non-hydrogen) atoms. The molecule has 1 aromatic rings. The fraction of sp³-hybridized carbons (Fsp3) is 0.471. The number of nitrogens with two attached hydrogens (primary N) is 1. The highest BCUT2D eigenvalue weighted by atomic mass is 19.1. The number of carbonyl (C=O) groups excluding carboxylic acids is 3. The summed E-state index contributed by atoms with van der Waals surface area (Å²) in [5.41, 5.74) is 5.04. The summed E-state index contributed by atoms with van der Waals surface area (Å²) in [4.78, 5) is 36.8. The van der Waals surface area contributed by atoms with E-state index in [1.165, 1.54) is 0 Å². The van der Waals surface area contributed by atoms with Gasteiger partial charge in [0, 0.05) is 32.1 Å². The molecule has 8 heteroatoms. The number of rotatable bonds is 6. The van der Waals surface area contributed by atoms with Gasteiger partial charge >= 0.3 is 0 Å². The number of carbonyl (C=O) groups is 3. The summed E-state index contributed by atoms with van der Waals surface area (Å²) >= 11 is 0. The van der Waals surface area contributed by atoms with E-state index in [1.54, 1.807) is 4.90 Å². The first-order chi connectivity index (χ1) is 11.9. The summed E-state index contributed by atoms with van der Waals surface area (Å²) < 4.78 is 26.3. The Labute approximate surface area is 144 Å². The molecule has 0 spiro atoms. The van der Waals surface area contributed by atoms with Crippen LogP contribution in [0.3, 0.4) is 0 Å². The molecular weight excluding hydrogens is 332 g/mol. The standard InChI is InChI=1S/C17H21F2N3O3/c18-12-5-6-13(14(19)9-12)17(25)21-7-1-4-15(23)22-8-2-3-11(10-22)16(20)24/h5-6,9,11H,1-4,7-8,10H2,(H2,20,24)(H,21,25). The summed E-state index contributed by atoms with van der Waals surface area (Å²) in [6, 6.07) is 2.72. The number of nitrogens with one attached hydrogen (secondary N) is 1. The Morgan fingerprint density at radius 1 is 1.28 bits per heavy atom. The van der Waals surface area contributed by atoms with Crippen LogP contribution < -0.4 is 11.1 Å². The van der Waals surface area contributed by atoms with Gasteiger partial charge in [0.15, 0.2) is 0 Å². The second kappa shape index (κ2) is 8.55. The molecule has 1 saturated heterocycles. The minimum Gasteiger partial charge on any atom is -0.369 e. The molecule has 1 aliphatic heterocycles. The van der Waals surface area contributed by atoms with Gasteiger partial charge in [-0.15, -0.1) is 0 Å². The van der Waals surface area contributed by atoms with Gasteiger partial charge in [0.2, 0.25) is 11.8 Å². The van der Waals surface area contributed by atoms with Crippen molar-refractivity contribution in [1.82, 2.24) is 10.2 Å². The van der Waals surface area contributed by atoms with Crippen LogP contribution in [0.5, 0.6) is 0 Å². The maximum Gasteiger partial charge on any atom is 0.254 e. The van der Waals surface area contributed by atoms with Gasteiger partial charge in [-0.1, -0.05) is 0 Å². The Morgan fingerprint density at radius 2 is 2.04 bits per heavy atom. The number of likely N-dealkylation sites (tertiary alicyclic amines) is 1. The number of benzene rings is 1. The molecule has 0 radical (unpaired) electrons. The number of nitrogens with zero attached hydrogens (tertiary/aromatic N) is 1. The third-order valence-corrected chi connectivity index (χ3v) is 4.21. The molecule has 0 bridgehead atoms. The van der Waals surface area contributed by atoms with E-state index >= 15 is 0 Å². The zero-order valence-corrected chi connectivity index (χ0v) is 13.8. The maximum absolute atomic E-state index is 13.5. The molecule has 136 valence electrons. The zero-order valence-electron chi connectivity index (χ0n) is 13.8. The molecule has 3 N–H and O–H groups in total. The van der Waals surface area contributed by atoms with Crippen molar-refractivity contribution in [2.75, 3.05) is 19.6 Å². The smallest absolute Gasteiger partial charge is 0.254 e. The Morgan fingerprint density at radius 3 is 2.72 bits per heavy atom. The molecule has 1 aliphatic rings. The Kier molecular flexibility index (Phi) is 6.44. The van der Waals surface area contributed by atoms with E-state index in [9.17, 15) is 23.2 Å². The largest absolute Gasteiger partial charge is 0.369 e. The zero-order chi connectivity index (χ0) is 18.4. The molecular formula is C17H21F2N3O3. The highest BCUT2D eigenvalue weighted by Gasteiger charge is 2.26. The quantitative estimate of drug-likeness (QED) is 0.753. The number of hydrogen-bond acceptors (Lipinski definition) is 3. The number of piperidine rings is 1. The van der Waals surface area contributed by atoms with Crippen LogP contribution in [0.4, 0.5) is 8.78 Å². The monoisotopic (exact) mass is 353 g/mol. The average molecular weight is 353 g/mol. The molecule has 1 fully saturated rings. The van der Waals surface area contributed by atoms with Crippen LogP contribution in [-0.4, -0.2) is 42.3 Å². The predicted octanol–water partition coefficient (Wildman–Crippen LogP) is 1.20. The first-order valence-electron chi connectivity index (χ1n) is 8.19. The molecule has 1 unspecified atom stereocenters. The van der Waals surface area contributed by atoms with Crippen LogP contribution in [0.2, 0.25) is 0 Å². The summed E-state index contributed by atoms with van der Waals surface area (Å²) in [6.07, 6.45) is 2.01. The van der Waals surface area contributed by atoms with Crippen LogP contribution >= 0.6 is 0 Å². The van der Waals surface area contributed by atoms with Crippen molar-refractivity contribution in [1.29, 1.82) is 0 Å². The van der Waals surface area contributed by atoms with Gasteiger partial charge in [0.1, 0.15) is 11.6 Å². The number of hydrogen-bond donors (Lipinski definition) is 2. The van der Waals surface area contributed by atoms with Gasteiger partial charge in [-0.2, -0.15) is 0 Å². The highest BCUT2D eigenvalue weighted by molar-refractivity contribution is 5.94. The Bertz CT molecular complexity index is 667.